The van der Waals surface area contributed by atoms with E-state index >= 15 is 0 Å². The predicted octanol–water partition coefficient (Wildman–Crippen LogP) is 2.55. The van der Waals surface area contributed by atoms with Crippen molar-refractivity contribution in [2.75, 3.05) is 18.8 Å². The number of piperidine rings is 1. The Hall–Kier alpha value is -1.45. The molecule has 1 aromatic heterocycles. The van der Waals surface area contributed by atoms with E-state index in [1.54, 1.807) is 11.8 Å². The topological polar surface area (TPSA) is 81.6 Å². The molecule has 7 nitrogen and oxygen atoms in total. The fourth-order valence-corrected chi connectivity index (χ4v) is 5.75. The molecule has 3 aliphatic heterocycles. The second-order valence-corrected chi connectivity index (χ2v) is 8.50. The molecule has 9 heteroatoms. The number of nitrogens with zero attached hydrogens (tertiary/aromatic N) is 3. The number of hydrogen-bond donors (Lipinski definition) is 0. The van der Waals surface area contributed by atoms with Gasteiger partial charge < -0.3 is 9.47 Å². The number of thioether (sulfide) groups is 1. The Morgan fingerprint density at radius 2 is 2.08 bits per heavy atom. The number of unbranched alkanes of at least 4 members (excludes halogenated alkanes) is 2. The zero-order valence-corrected chi connectivity index (χ0v) is 16.0. The van der Waals surface area contributed by atoms with E-state index in [-0.39, 0.29) is 5.92 Å². The van der Waals surface area contributed by atoms with Crippen LogP contribution >= 0.6 is 23.5 Å². The van der Waals surface area contributed by atoms with Gasteiger partial charge in [0.15, 0.2) is 0 Å². The van der Waals surface area contributed by atoms with Crippen LogP contribution in [0.5, 0.6) is 0 Å². The second kappa shape index (κ2) is 7.28. The number of aromatic nitrogens is 2. The standard InChI is InChI=1S/C17H21N3O4S2/c1-2-3-4-5-8-25-14-13(18-26-19-14)12-10-20-9-11(12)6-7-17(20)23-15(21)16(22)24-17/h2,11-12H,1,3-10H2. The van der Waals surface area contributed by atoms with Crippen molar-refractivity contribution < 1.29 is 19.1 Å². The van der Waals surface area contributed by atoms with E-state index in [1.807, 2.05) is 11.0 Å². The van der Waals surface area contributed by atoms with E-state index in [0.717, 1.165) is 48.7 Å². The first kappa shape index (κ1) is 17.9. The van der Waals surface area contributed by atoms with Crippen molar-refractivity contribution >= 4 is 35.4 Å². The highest BCUT2D eigenvalue weighted by molar-refractivity contribution is 7.99. The second-order valence-electron chi connectivity index (χ2n) is 6.89. The van der Waals surface area contributed by atoms with Crippen molar-refractivity contribution in [3.63, 3.8) is 0 Å². The van der Waals surface area contributed by atoms with Crippen molar-refractivity contribution in [1.82, 2.24) is 13.6 Å². The lowest BCUT2D eigenvalue weighted by atomic mass is 9.88. The number of carbonyl (C=O) groups excluding carboxylic acids is 2. The third kappa shape index (κ3) is 3.16. The van der Waals surface area contributed by atoms with Crippen LogP contribution in [0.15, 0.2) is 17.7 Å². The summed E-state index contributed by atoms with van der Waals surface area (Å²) in [6.07, 6.45) is 6.62. The number of hydrogen-bond acceptors (Lipinski definition) is 9. The van der Waals surface area contributed by atoms with Crippen molar-refractivity contribution in [2.45, 2.75) is 49.0 Å². The molecule has 1 aromatic rings. The summed E-state index contributed by atoms with van der Waals surface area (Å²) in [7, 11) is 0. The molecule has 0 aromatic carbocycles. The van der Waals surface area contributed by atoms with Crippen molar-refractivity contribution in [3.8, 4) is 0 Å². The summed E-state index contributed by atoms with van der Waals surface area (Å²) < 4.78 is 19.7. The molecule has 4 heterocycles. The predicted molar refractivity (Wildman–Crippen MR) is 96.6 cm³/mol. The molecule has 0 aliphatic carbocycles. The fraction of sp³-hybridized carbons (Fsp3) is 0.647. The van der Waals surface area contributed by atoms with Crippen LogP contribution in [-0.4, -0.2) is 50.3 Å². The van der Waals surface area contributed by atoms with Gasteiger partial charge in [-0.25, -0.2) is 14.5 Å². The molecule has 3 saturated heterocycles. The molecule has 4 rings (SSSR count). The SMILES string of the molecule is C=CCCCCSc1nsnc1C1CN2CC1CCC21OC(=O)C(=O)O1. The number of allylic oxidation sites excluding steroid dienone is 1. The van der Waals surface area contributed by atoms with Gasteiger partial charge in [-0.15, -0.1) is 18.3 Å². The van der Waals surface area contributed by atoms with Crippen LogP contribution in [0, 0.1) is 5.92 Å². The molecule has 140 valence electrons. The lowest BCUT2D eigenvalue weighted by Crippen LogP contribution is -2.51. The highest BCUT2D eigenvalue weighted by Gasteiger charge is 2.59. The minimum absolute atomic E-state index is 0.238. The maximum atomic E-state index is 11.5. The van der Waals surface area contributed by atoms with Gasteiger partial charge in [-0.2, -0.15) is 8.75 Å². The normalized spacial score (nSPS) is 29.0. The summed E-state index contributed by atoms with van der Waals surface area (Å²) in [5.74, 6) is -1.30. The smallest absolute Gasteiger partial charge is 0.400 e. The molecular weight excluding hydrogens is 374 g/mol. The van der Waals surface area contributed by atoms with Gasteiger partial charge in [-0.3, -0.25) is 0 Å². The van der Waals surface area contributed by atoms with E-state index < -0.39 is 17.8 Å². The van der Waals surface area contributed by atoms with Gasteiger partial charge in [0.2, 0.25) is 0 Å². The summed E-state index contributed by atoms with van der Waals surface area (Å²) in [5, 5.41) is 1.02. The Morgan fingerprint density at radius 3 is 2.85 bits per heavy atom. The largest absolute Gasteiger partial charge is 0.421 e. The van der Waals surface area contributed by atoms with Crippen LogP contribution in [0.1, 0.15) is 43.7 Å². The minimum atomic E-state index is -1.19. The Morgan fingerprint density at radius 1 is 1.27 bits per heavy atom. The first-order valence-corrected chi connectivity index (χ1v) is 10.6. The molecule has 26 heavy (non-hydrogen) atoms. The van der Waals surface area contributed by atoms with E-state index in [4.69, 9.17) is 9.47 Å². The monoisotopic (exact) mass is 395 g/mol. The molecule has 1 spiro atoms. The van der Waals surface area contributed by atoms with Gasteiger partial charge in [0.25, 0.3) is 0 Å². The summed E-state index contributed by atoms with van der Waals surface area (Å²) in [6.45, 7) is 5.16. The van der Waals surface area contributed by atoms with Crippen LogP contribution in [0.2, 0.25) is 0 Å². The Kier molecular flexibility index (Phi) is 5.02. The third-order valence-electron chi connectivity index (χ3n) is 5.30. The van der Waals surface area contributed by atoms with Gasteiger partial charge in [-0.1, -0.05) is 6.08 Å². The number of esters is 2. The highest BCUT2D eigenvalue weighted by atomic mass is 32.2. The lowest BCUT2D eigenvalue weighted by molar-refractivity contribution is -0.257. The molecule has 0 radical (unpaired) electrons. The molecule has 3 aliphatic rings. The van der Waals surface area contributed by atoms with Crippen LogP contribution < -0.4 is 0 Å². The van der Waals surface area contributed by atoms with Gasteiger partial charge in [0, 0.05) is 25.4 Å². The number of fused-ring (bicyclic) bond motifs is 3. The van der Waals surface area contributed by atoms with E-state index in [0.29, 0.717) is 18.9 Å². The summed E-state index contributed by atoms with van der Waals surface area (Å²) in [6, 6.07) is 0. The molecular formula is C17H21N3O4S2. The first-order valence-electron chi connectivity index (χ1n) is 8.90. The lowest BCUT2D eigenvalue weighted by Gasteiger charge is -2.37. The van der Waals surface area contributed by atoms with E-state index in [2.05, 4.69) is 15.3 Å². The number of carbonyl (C=O) groups is 2. The number of ether oxygens (including phenoxy) is 2. The zero-order chi connectivity index (χ0) is 18.1. The maximum Gasteiger partial charge on any atom is 0.421 e. The van der Waals surface area contributed by atoms with Crippen LogP contribution in [0.25, 0.3) is 0 Å². The summed E-state index contributed by atoms with van der Waals surface area (Å²) >= 11 is 3.02. The summed E-state index contributed by atoms with van der Waals surface area (Å²) in [5.41, 5.74) is 1.05. The van der Waals surface area contributed by atoms with Gasteiger partial charge >= 0.3 is 17.8 Å². The van der Waals surface area contributed by atoms with E-state index in [1.165, 1.54) is 11.7 Å². The van der Waals surface area contributed by atoms with Crippen molar-refractivity contribution in [1.29, 1.82) is 0 Å². The Labute approximate surface area is 160 Å². The minimum Gasteiger partial charge on any atom is -0.400 e. The van der Waals surface area contributed by atoms with Crippen LogP contribution in [0.3, 0.4) is 0 Å². The average Bonchev–Trinajstić information content (AvgIpc) is 3.29. The molecule has 2 bridgehead atoms. The van der Waals surface area contributed by atoms with Crippen molar-refractivity contribution in [2.24, 2.45) is 5.92 Å². The molecule has 3 unspecified atom stereocenters. The van der Waals surface area contributed by atoms with Gasteiger partial charge in [-0.05, 0) is 37.4 Å². The molecule has 0 N–H and O–H groups in total. The molecule has 3 fully saturated rings. The van der Waals surface area contributed by atoms with Crippen LogP contribution in [0.4, 0.5) is 0 Å². The molecule has 0 amide bonds. The molecule has 3 atom stereocenters. The fourth-order valence-electron chi connectivity index (χ4n) is 3.98. The molecule has 0 saturated carbocycles. The third-order valence-corrected chi connectivity index (χ3v) is 7.02. The van der Waals surface area contributed by atoms with Crippen molar-refractivity contribution in [3.05, 3.63) is 18.3 Å². The zero-order valence-electron chi connectivity index (χ0n) is 14.4. The maximum absolute atomic E-state index is 11.5. The van der Waals surface area contributed by atoms with Gasteiger partial charge in [0.05, 0.1) is 17.4 Å². The quantitative estimate of drug-likeness (QED) is 0.229. The summed E-state index contributed by atoms with van der Waals surface area (Å²) in [4.78, 5) is 25.0. The Balaban J connectivity index is 1.43. The highest BCUT2D eigenvalue weighted by Crippen LogP contribution is 2.48. The van der Waals surface area contributed by atoms with Crippen LogP contribution in [-0.2, 0) is 19.1 Å². The van der Waals surface area contributed by atoms with E-state index in [9.17, 15) is 9.59 Å². The first-order chi connectivity index (χ1) is 12.6. The average molecular weight is 396 g/mol. The Bertz CT molecular complexity index is 707. The number of rotatable bonds is 7. The van der Waals surface area contributed by atoms with Gasteiger partial charge in [0.1, 0.15) is 5.03 Å².